The molecule has 1 aromatic carbocycles. The predicted molar refractivity (Wildman–Crippen MR) is 87.6 cm³/mol. The first-order valence-electron chi connectivity index (χ1n) is 7.79. The Labute approximate surface area is 135 Å². The van der Waals surface area contributed by atoms with Crippen LogP contribution in [0.4, 0.5) is 10.2 Å². The molecule has 0 unspecified atom stereocenters. The second-order valence-corrected chi connectivity index (χ2v) is 5.81. The number of aromatic nitrogens is 2. The molecule has 0 saturated carbocycles. The number of hydrogen-bond donors (Lipinski definition) is 1. The van der Waals surface area contributed by atoms with E-state index in [4.69, 9.17) is 10.5 Å². The molecule has 1 aliphatic heterocycles. The van der Waals surface area contributed by atoms with Gasteiger partial charge in [-0.25, -0.2) is 14.4 Å². The van der Waals surface area contributed by atoms with Gasteiger partial charge in [0, 0.05) is 37.9 Å². The molecule has 2 aromatic rings. The van der Waals surface area contributed by atoms with Crippen LogP contribution in [0.3, 0.4) is 0 Å². The van der Waals surface area contributed by atoms with Crippen LogP contribution in [0.2, 0.25) is 0 Å². The third-order valence-corrected chi connectivity index (χ3v) is 4.00. The monoisotopic (exact) mass is 316 g/mol. The first-order chi connectivity index (χ1) is 11.2. The van der Waals surface area contributed by atoms with Gasteiger partial charge in [0.15, 0.2) is 5.82 Å². The SMILES string of the molecule is COCc1cc(N2CCC(N)CC2)nc(-c2cccc(F)c2)n1. The van der Waals surface area contributed by atoms with Crippen molar-refractivity contribution in [1.82, 2.24) is 9.97 Å². The van der Waals surface area contributed by atoms with Gasteiger partial charge in [-0.1, -0.05) is 12.1 Å². The van der Waals surface area contributed by atoms with Crippen LogP contribution in [0.1, 0.15) is 18.5 Å². The summed E-state index contributed by atoms with van der Waals surface area (Å²) >= 11 is 0. The number of anilines is 1. The Morgan fingerprint density at radius 2 is 2.04 bits per heavy atom. The average Bonchev–Trinajstić information content (AvgIpc) is 2.55. The van der Waals surface area contributed by atoms with Crippen LogP contribution < -0.4 is 10.6 Å². The molecular formula is C17H21FN4O. The van der Waals surface area contributed by atoms with Gasteiger partial charge in [0.05, 0.1) is 12.3 Å². The van der Waals surface area contributed by atoms with Crippen LogP contribution >= 0.6 is 0 Å². The summed E-state index contributed by atoms with van der Waals surface area (Å²) in [5.41, 5.74) is 7.42. The van der Waals surface area contributed by atoms with Gasteiger partial charge in [0.1, 0.15) is 11.6 Å². The highest BCUT2D eigenvalue weighted by atomic mass is 19.1. The molecule has 0 radical (unpaired) electrons. The lowest BCUT2D eigenvalue weighted by molar-refractivity contribution is 0.181. The minimum atomic E-state index is -0.297. The zero-order valence-electron chi connectivity index (χ0n) is 13.2. The smallest absolute Gasteiger partial charge is 0.161 e. The van der Waals surface area contributed by atoms with Gasteiger partial charge in [-0.2, -0.15) is 0 Å². The summed E-state index contributed by atoms with van der Waals surface area (Å²) in [6, 6.07) is 8.52. The molecule has 1 aromatic heterocycles. The van der Waals surface area contributed by atoms with Crippen molar-refractivity contribution >= 4 is 5.82 Å². The molecule has 0 atom stereocenters. The first kappa shape index (κ1) is 15.8. The third kappa shape index (κ3) is 3.83. The molecule has 0 bridgehead atoms. The van der Waals surface area contributed by atoms with E-state index < -0.39 is 0 Å². The van der Waals surface area contributed by atoms with Crippen molar-refractivity contribution in [2.75, 3.05) is 25.1 Å². The normalized spacial score (nSPS) is 15.9. The zero-order chi connectivity index (χ0) is 16.2. The van der Waals surface area contributed by atoms with Gasteiger partial charge in [0.25, 0.3) is 0 Å². The number of halogens is 1. The zero-order valence-corrected chi connectivity index (χ0v) is 13.2. The molecule has 0 spiro atoms. The fourth-order valence-electron chi connectivity index (χ4n) is 2.75. The number of benzene rings is 1. The minimum Gasteiger partial charge on any atom is -0.378 e. The fraction of sp³-hybridized carbons (Fsp3) is 0.412. The van der Waals surface area contributed by atoms with E-state index in [0.29, 0.717) is 18.0 Å². The topological polar surface area (TPSA) is 64.3 Å². The van der Waals surface area contributed by atoms with Crippen molar-refractivity contribution in [3.05, 3.63) is 41.8 Å². The first-order valence-corrected chi connectivity index (χ1v) is 7.79. The Balaban J connectivity index is 1.96. The standard InChI is InChI=1S/C17H21FN4O/c1-23-11-15-10-16(22-7-5-14(19)6-8-22)21-17(20-15)12-3-2-4-13(18)9-12/h2-4,9-10,14H,5-8,11,19H2,1H3. The fourth-order valence-corrected chi connectivity index (χ4v) is 2.75. The molecule has 23 heavy (non-hydrogen) atoms. The van der Waals surface area contributed by atoms with Gasteiger partial charge in [-0.05, 0) is 25.0 Å². The van der Waals surface area contributed by atoms with Gasteiger partial charge in [0.2, 0.25) is 0 Å². The number of hydrogen-bond acceptors (Lipinski definition) is 5. The number of ether oxygens (including phenoxy) is 1. The lowest BCUT2D eigenvalue weighted by Gasteiger charge is -2.31. The molecule has 2 N–H and O–H groups in total. The molecule has 2 heterocycles. The molecule has 3 rings (SSSR count). The maximum absolute atomic E-state index is 13.5. The predicted octanol–water partition coefficient (Wildman–Crippen LogP) is 2.36. The summed E-state index contributed by atoms with van der Waals surface area (Å²) in [6.07, 6.45) is 1.89. The van der Waals surface area contributed by atoms with Crippen LogP contribution in [0.5, 0.6) is 0 Å². The van der Waals surface area contributed by atoms with Crippen molar-refractivity contribution in [2.45, 2.75) is 25.5 Å². The second kappa shape index (κ2) is 7.02. The average molecular weight is 316 g/mol. The molecule has 122 valence electrons. The Hall–Kier alpha value is -2.05. The van der Waals surface area contributed by atoms with E-state index in [1.54, 1.807) is 13.2 Å². The van der Waals surface area contributed by atoms with E-state index in [9.17, 15) is 4.39 Å². The summed E-state index contributed by atoms with van der Waals surface area (Å²) < 4.78 is 18.7. The lowest BCUT2D eigenvalue weighted by Crippen LogP contribution is -2.40. The van der Waals surface area contributed by atoms with Gasteiger partial charge in [-0.15, -0.1) is 0 Å². The maximum atomic E-state index is 13.5. The highest BCUT2D eigenvalue weighted by Crippen LogP contribution is 2.23. The van der Waals surface area contributed by atoms with Crippen molar-refractivity contribution in [2.24, 2.45) is 5.73 Å². The lowest BCUT2D eigenvalue weighted by atomic mass is 10.1. The minimum absolute atomic E-state index is 0.259. The molecule has 0 aliphatic carbocycles. The number of rotatable bonds is 4. The van der Waals surface area contributed by atoms with Crippen molar-refractivity contribution in [3.63, 3.8) is 0 Å². The van der Waals surface area contributed by atoms with Gasteiger partial charge in [-0.3, -0.25) is 0 Å². The van der Waals surface area contributed by atoms with Crippen LogP contribution in [0.25, 0.3) is 11.4 Å². The third-order valence-electron chi connectivity index (χ3n) is 4.00. The molecule has 0 amide bonds. The molecule has 5 nitrogen and oxygen atoms in total. The van der Waals surface area contributed by atoms with E-state index in [2.05, 4.69) is 14.9 Å². The summed E-state index contributed by atoms with van der Waals surface area (Å²) in [4.78, 5) is 11.3. The van der Waals surface area contributed by atoms with Crippen LogP contribution in [-0.4, -0.2) is 36.2 Å². The summed E-state index contributed by atoms with van der Waals surface area (Å²) in [5, 5.41) is 0. The molecule has 6 heteroatoms. The Morgan fingerprint density at radius 1 is 1.26 bits per heavy atom. The number of methoxy groups -OCH3 is 1. The number of piperidine rings is 1. The van der Waals surface area contributed by atoms with Crippen LogP contribution in [-0.2, 0) is 11.3 Å². The van der Waals surface area contributed by atoms with Crippen molar-refractivity contribution < 1.29 is 9.13 Å². The molecule has 1 aliphatic rings. The van der Waals surface area contributed by atoms with E-state index in [0.717, 1.165) is 37.4 Å². The largest absolute Gasteiger partial charge is 0.378 e. The highest BCUT2D eigenvalue weighted by Gasteiger charge is 2.19. The Bertz CT molecular complexity index is 671. The maximum Gasteiger partial charge on any atom is 0.161 e. The van der Waals surface area contributed by atoms with E-state index in [1.165, 1.54) is 12.1 Å². The van der Waals surface area contributed by atoms with E-state index in [-0.39, 0.29) is 11.9 Å². The summed E-state index contributed by atoms with van der Waals surface area (Å²) in [6.45, 7) is 2.13. The van der Waals surface area contributed by atoms with Crippen LogP contribution in [0.15, 0.2) is 30.3 Å². The highest BCUT2D eigenvalue weighted by molar-refractivity contribution is 5.58. The van der Waals surface area contributed by atoms with Gasteiger partial charge >= 0.3 is 0 Å². The van der Waals surface area contributed by atoms with Crippen molar-refractivity contribution in [1.29, 1.82) is 0 Å². The number of nitrogens with zero attached hydrogens (tertiary/aromatic N) is 3. The van der Waals surface area contributed by atoms with Crippen molar-refractivity contribution in [3.8, 4) is 11.4 Å². The Morgan fingerprint density at radius 3 is 2.74 bits per heavy atom. The Kier molecular flexibility index (Phi) is 4.83. The number of nitrogens with two attached hydrogens (primary N) is 1. The van der Waals surface area contributed by atoms with E-state index in [1.807, 2.05) is 12.1 Å². The quantitative estimate of drug-likeness (QED) is 0.938. The second-order valence-electron chi connectivity index (χ2n) is 5.81. The summed E-state index contributed by atoms with van der Waals surface area (Å²) in [5.74, 6) is 1.07. The summed E-state index contributed by atoms with van der Waals surface area (Å²) in [7, 11) is 1.63. The molecule has 1 fully saturated rings. The van der Waals surface area contributed by atoms with Crippen LogP contribution in [0, 0.1) is 5.82 Å². The molecular weight excluding hydrogens is 295 g/mol. The van der Waals surface area contributed by atoms with E-state index >= 15 is 0 Å². The molecule has 1 saturated heterocycles. The van der Waals surface area contributed by atoms with Gasteiger partial charge < -0.3 is 15.4 Å².